The number of hydrogen-bond donors (Lipinski definition) is 0. The summed E-state index contributed by atoms with van der Waals surface area (Å²) in [7, 11) is 1.64. The van der Waals surface area contributed by atoms with Crippen LogP contribution < -0.4 is 9.64 Å². The maximum absolute atomic E-state index is 12.2. The quantitative estimate of drug-likeness (QED) is 0.864. The minimum absolute atomic E-state index is 0.0529. The molecule has 2 aromatic carbocycles. The van der Waals surface area contributed by atoms with E-state index in [1.54, 1.807) is 18.9 Å². The molecule has 2 aromatic rings. The van der Waals surface area contributed by atoms with Crippen LogP contribution in [0.2, 0.25) is 0 Å². The largest absolute Gasteiger partial charge is 0.497 e. The van der Waals surface area contributed by atoms with Crippen LogP contribution in [0.5, 0.6) is 5.75 Å². The Morgan fingerprint density at radius 1 is 1.10 bits per heavy atom. The first-order chi connectivity index (χ1) is 9.79. The van der Waals surface area contributed by atoms with Gasteiger partial charge in [-0.2, -0.15) is 0 Å². The molecule has 0 bridgehead atoms. The molecule has 1 aliphatic heterocycles. The lowest BCUT2D eigenvalue weighted by molar-refractivity contribution is -0.115. The number of thioether (sulfide) groups is 1. The summed E-state index contributed by atoms with van der Waals surface area (Å²) in [5.74, 6) is 1.46. The predicted molar refractivity (Wildman–Crippen MR) is 82.1 cm³/mol. The molecule has 1 saturated heterocycles. The summed E-state index contributed by atoms with van der Waals surface area (Å²) in [6.07, 6.45) is 0. The summed E-state index contributed by atoms with van der Waals surface area (Å²) >= 11 is 1.66. The van der Waals surface area contributed by atoms with E-state index in [9.17, 15) is 4.79 Å². The van der Waals surface area contributed by atoms with Crippen molar-refractivity contribution in [2.45, 2.75) is 5.37 Å². The summed E-state index contributed by atoms with van der Waals surface area (Å²) in [6, 6.07) is 17.7. The number of methoxy groups -OCH3 is 1. The number of carbonyl (C=O) groups excluding carboxylic acids is 1. The van der Waals surface area contributed by atoms with Crippen molar-refractivity contribution in [3.05, 3.63) is 60.2 Å². The van der Waals surface area contributed by atoms with Crippen molar-refractivity contribution in [1.29, 1.82) is 0 Å². The zero-order valence-corrected chi connectivity index (χ0v) is 12.0. The van der Waals surface area contributed by atoms with E-state index in [4.69, 9.17) is 4.74 Å². The first-order valence-electron chi connectivity index (χ1n) is 6.42. The fraction of sp³-hybridized carbons (Fsp3) is 0.188. The van der Waals surface area contributed by atoms with E-state index in [1.165, 1.54) is 0 Å². The Kier molecular flexibility index (Phi) is 3.65. The highest BCUT2D eigenvalue weighted by Crippen LogP contribution is 2.41. The van der Waals surface area contributed by atoms with Gasteiger partial charge in [-0.1, -0.05) is 30.3 Å². The molecule has 1 amide bonds. The van der Waals surface area contributed by atoms with Crippen molar-refractivity contribution in [2.24, 2.45) is 0 Å². The highest BCUT2D eigenvalue weighted by atomic mass is 32.2. The Morgan fingerprint density at radius 2 is 1.80 bits per heavy atom. The van der Waals surface area contributed by atoms with Gasteiger partial charge < -0.3 is 4.74 Å². The van der Waals surface area contributed by atoms with Crippen LogP contribution in [0.3, 0.4) is 0 Å². The van der Waals surface area contributed by atoms with Gasteiger partial charge in [-0.05, 0) is 29.8 Å². The summed E-state index contributed by atoms with van der Waals surface area (Å²) in [4.78, 5) is 14.0. The Morgan fingerprint density at radius 3 is 2.45 bits per heavy atom. The number of ether oxygens (including phenoxy) is 1. The van der Waals surface area contributed by atoms with Crippen molar-refractivity contribution in [3.8, 4) is 5.75 Å². The SMILES string of the molecule is COc1ccc(N2C(=O)CS[C@@H]2c2ccccc2)cc1. The second-order valence-electron chi connectivity index (χ2n) is 4.54. The zero-order valence-electron chi connectivity index (χ0n) is 11.2. The third-order valence-corrected chi connectivity index (χ3v) is 4.52. The molecule has 3 nitrogen and oxygen atoms in total. The van der Waals surface area contributed by atoms with E-state index in [2.05, 4.69) is 12.1 Å². The van der Waals surface area contributed by atoms with Gasteiger partial charge in [0.2, 0.25) is 5.91 Å². The summed E-state index contributed by atoms with van der Waals surface area (Å²) in [5, 5.41) is 0.0529. The monoisotopic (exact) mass is 285 g/mol. The Bertz CT molecular complexity index is 598. The number of rotatable bonds is 3. The van der Waals surface area contributed by atoms with E-state index >= 15 is 0 Å². The molecule has 102 valence electrons. The molecule has 0 saturated carbocycles. The smallest absolute Gasteiger partial charge is 0.238 e. The maximum atomic E-state index is 12.2. The molecular formula is C16H15NO2S. The highest BCUT2D eigenvalue weighted by molar-refractivity contribution is 8.00. The predicted octanol–water partition coefficient (Wildman–Crippen LogP) is 3.47. The highest BCUT2D eigenvalue weighted by Gasteiger charge is 2.33. The van der Waals surface area contributed by atoms with Gasteiger partial charge in [0.1, 0.15) is 11.1 Å². The molecule has 0 unspecified atom stereocenters. The van der Waals surface area contributed by atoms with E-state index in [-0.39, 0.29) is 11.3 Å². The maximum Gasteiger partial charge on any atom is 0.238 e. The van der Waals surface area contributed by atoms with Gasteiger partial charge in [-0.3, -0.25) is 9.69 Å². The van der Waals surface area contributed by atoms with Crippen LogP contribution in [0.4, 0.5) is 5.69 Å². The third kappa shape index (κ3) is 2.39. The molecule has 1 atom stereocenters. The van der Waals surface area contributed by atoms with Crippen LogP contribution >= 0.6 is 11.8 Å². The van der Waals surface area contributed by atoms with Gasteiger partial charge in [-0.25, -0.2) is 0 Å². The molecular weight excluding hydrogens is 270 g/mol. The average Bonchev–Trinajstić information content (AvgIpc) is 2.90. The van der Waals surface area contributed by atoms with Gasteiger partial charge in [0, 0.05) is 5.69 Å². The zero-order chi connectivity index (χ0) is 13.9. The van der Waals surface area contributed by atoms with Crippen molar-refractivity contribution in [1.82, 2.24) is 0 Å². The molecule has 20 heavy (non-hydrogen) atoms. The minimum Gasteiger partial charge on any atom is -0.497 e. The average molecular weight is 285 g/mol. The van der Waals surface area contributed by atoms with E-state index in [0.717, 1.165) is 17.0 Å². The van der Waals surface area contributed by atoms with E-state index in [1.807, 2.05) is 47.4 Å². The van der Waals surface area contributed by atoms with E-state index < -0.39 is 0 Å². The first-order valence-corrected chi connectivity index (χ1v) is 7.47. The molecule has 1 heterocycles. The first kappa shape index (κ1) is 13.1. The van der Waals surface area contributed by atoms with Crippen LogP contribution in [0.15, 0.2) is 54.6 Å². The van der Waals surface area contributed by atoms with Gasteiger partial charge in [0.25, 0.3) is 0 Å². The van der Waals surface area contributed by atoms with Gasteiger partial charge in [0.15, 0.2) is 0 Å². The lowest BCUT2D eigenvalue weighted by atomic mass is 10.2. The number of amides is 1. The van der Waals surface area contributed by atoms with Crippen LogP contribution in [0, 0.1) is 0 Å². The van der Waals surface area contributed by atoms with Crippen molar-refractivity contribution in [2.75, 3.05) is 17.8 Å². The molecule has 0 aliphatic carbocycles. The van der Waals surface area contributed by atoms with Crippen LogP contribution in [-0.4, -0.2) is 18.8 Å². The molecule has 1 aliphatic rings. The molecule has 0 radical (unpaired) electrons. The van der Waals surface area contributed by atoms with Crippen molar-refractivity contribution >= 4 is 23.4 Å². The standard InChI is InChI=1S/C16H15NO2S/c1-19-14-9-7-13(8-10-14)17-15(18)11-20-16(17)12-5-3-2-4-6-12/h2-10,16H,11H2,1H3/t16-/m1/s1. The fourth-order valence-electron chi connectivity index (χ4n) is 2.31. The number of benzene rings is 2. The van der Waals surface area contributed by atoms with Crippen LogP contribution in [-0.2, 0) is 4.79 Å². The molecule has 3 rings (SSSR count). The normalized spacial score (nSPS) is 18.4. The number of anilines is 1. The van der Waals surface area contributed by atoms with Crippen molar-refractivity contribution < 1.29 is 9.53 Å². The van der Waals surface area contributed by atoms with Gasteiger partial charge in [0.05, 0.1) is 12.9 Å². The van der Waals surface area contributed by atoms with Gasteiger partial charge >= 0.3 is 0 Å². The summed E-state index contributed by atoms with van der Waals surface area (Å²) in [5.41, 5.74) is 2.06. The second kappa shape index (κ2) is 5.59. The Hall–Kier alpha value is -1.94. The summed E-state index contributed by atoms with van der Waals surface area (Å²) in [6.45, 7) is 0. The van der Waals surface area contributed by atoms with Crippen LogP contribution in [0.1, 0.15) is 10.9 Å². The lowest BCUT2D eigenvalue weighted by Gasteiger charge is -2.24. The number of carbonyl (C=O) groups is 1. The number of hydrogen-bond acceptors (Lipinski definition) is 3. The van der Waals surface area contributed by atoms with E-state index in [0.29, 0.717) is 5.75 Å². The lowest BCUT2D eigenvalue weighted by Crippen LogP contribution is -2.27. The van der Waals surface area contributed by atoms with Gasteiger partial charge in [-0.15, -0.1) is 11.8 Å². The van der Waals surface area contributed by atoms with Crippen molar-refractivity contribution in [3.63, 3.8) is 0 Å². The van der Waals surface area contributed by atoms with Crippen LogP contribution in [0.25, 0.3) is 0 Å². The molecule has 0 aromatic heterocycles. The summed E-state index contributed by atoms with van der Waals surface area (Å²) < 4.78 is 5.16. The molecule has 4 heteroatoms. The minimum atomic E-state index is 0.0529. The molecule has 0 N–H and O–H groups in total. The number of nitrogens with zero attached hydrogens (tertiary/aromatic N) is 1. The molecule has 1 fully saturated rings. The second-order valence-corrected chi connectivity index (χ2v) is 5.60. The Labute approximate surface area is 122 Å². The Balaban J connectivity index is 1.94. The topological polar surface area (TPSA) is 29.5 Å². The third-order valence-electron chi connectivity index (χ3n) is 3.30. The fourth-order valence-corrected chi connectivity index (χ4v) is 3.49. The molecule has 0 spiro atoms.